The molecule has 0 saturated carbocycles. The van der Waals surface area contributed by atoms with Crippen molar-refractivity contribution in [2.75, 3.05) is 12.3 Å². The van der Waals surface area contributed by atoms with Gasteiger partial charge in [-0.05, 0) is 0 Å². The van der Waals surface area contributed by atoms with Crippen molar-refractivity contribution in [3.8, 4) is 6.07 Å². The quantitative estimate of drug-likeness (QED) is 0.686. The molecule has 2 aromatic rings. The first-order valence-corrected chi connectivity index (χ1v) is 6.89. The first-order chi connectivity index (χ1) is 10.6. The minimum Gasteiger partial charge on any atom is -0.394 e. The van der Waals surface area contributed by atoms with Crippen molar-refractivity contribution in [3.63, 3.8) is 0 Å². The van der Waals surface area contributed by atoms with Crippen LogP contribution in [0.25, 0.3) is 11.2 Å². The first kappa shape index (κ1) is 14.6. The van der Waals surface area contributed by atoms with E-state index in [1.54, 1.807) is 4.57 Å². The zero-order valence-corrected chi connectivity index (χ0v) is 11.8. The van der Waals surface area contributed by atoms with E-state index < -0.39 is 17.9 Å². The van der Waals surface area contributed by atoms with Crippen LogP contribution >= 0.6 is 0 Å². The maximum Gasteiger partial charge on any atom is 0.167 e. The molecule has 0 aromatic carbocycles. The number of rotatable bonds is 4. The fourth-order valence-electron chi connectivity index (χ4n) is 2.86. The molecule has 3 atom stereocenters. The second kappa shape index (κ2) is 5.49. The summed E-state index contributed by atoms with van der Waals surface area (Å²) in [7, 11) is 0. The molecule has 116 valence electrons. The second-order valence-corrected chi connectivity index (χ2v) is 5.26. The fourth-order valence-corrected chi connectivity index (χ4v) is 2.86. The number of imidazole rings is 1. The van der Waals surface area contributed by atoms with Crippen molar-refractivity contribution < 1.29 is 14.9 Å². The van der Waals surface area contributed by atoms with E-state index >= 15 is 0 Å². The van der Waals surface area contributed by atoms with Crippen LogP contribution < -0.4 is 5.73 Å². The van der Waals surface area contributed by atoms with Crippen molar-refractivity contribution >= 4 is 17.0 Å². The van der Waals surface area contributed by atoms with Crippen LogP contribution in [0.3, 0.4) is 0 Å². The summed E-state index contributed by atoms with van der Waals surface area (Å²) in [5.74, 6) is 0.247. The Bertz CT molecular complexity index is 726. The van der Waals surface area contributed by atoms with Gasteiger partial charge in [-0.2, -0.15) is 5.26 Å². The molecule has 9 heteroatoms. The van der Waals surface area contributed by atoms with Crippen molar-refractivity contribution in [1.82, 2.24) is 19.5 Å². The molecule has 3 rings (SSSR count). The summed E-state index contributed by atoms with van der Waals surface area (Å²) in [5.41, 5.74) is 5.70. The lowest BCUT2D eigenvalue weighted by atomic mass is 10.0. The van der Waals surface area contributed by atoms with E-state index in [2.05, 4.69) is 21.0 Å². The lowest BCUT2D eigenvalue weighted by Crippen LogP contribution is -2.34. The van der Waals surface area contributed by atoms with E-state index in [1.807, 2.05) is 0 Å². The van der Waals surface area contributed by atoms with E-state index in [0.717, 1.165) is 0 Å². The molecular weight excluding hydrogens is 288 g/mol. The minimum atomic E-state index is -0.988. The highest BCUT2D eigenvalue weighted by atomic mass is 16.6. The van der Waals surface area contributed by atoms with Gasteiger partial charge in [0.25, 0.3) is 0 Å². The maximum absolute atomic E-state index is 10.1. The molecule has 4 N–H and O–H groups in total. The van der Waals surface area contributed by atoms with E-state index in [9.17, 15) is 10.2 Å². The topological polar surface area (TPSA) is 143 Å². The largest absolute Gasteiger partial charge is 0.394 e. The molecular formula is C13H16N6O3. The van der Waals surface area contributed by atoms with Crippen molar-refractivity contribution in [1.29, 1.82) is 5.26 Å². The smallest absolute Gasteiger partial charge is 0.167 e. The number of nitrogen functional groups attached to an aromatic ring is 1. The number of anilines is 1. The standard InChI is InChI=1S/C13H16N6O3/c14-3-1-2-13(4-8(21)9(5-20)22-13)19-7-18-10-11(15)16-6-17-12(10)19/h6-9,20-21H,1-2,4-5H2,(H2,15,16,17)/t8-,9+,13+/m0/s1. The van der Waals surface area contributed by atoms with Gasteiger partial charge in [-0.25, -0.2) is 15.0 Å². The highest BCUT2D eigenvalue weighted by molar-refractivity contribution is 5.81. The molecule has 0 radical (unpaired) electrons. The van der Waals surface area contributed by atoms with Crippen LogP contribution in [0.15, 0.2) is 12.7 Å². The Morgan fingerprint density at radius 1 is 1.50 bits per heavy atom. The minimum absolute atomic E-state index is 0.227. The Morgan fingerprint density at radius 2 is 2.32 bits per heavy atom. The predicted octanol–water partition coefficient (Wildman–Crippen LogP) is -0.493. The van der Waals surface area contributed by atoms with Crippen molar-refractivity contribution in [2.24, 2.45) is 0 Å². The molecule has 1 aliphatic rings. The van der Waals surface area contributed by atoms with Gasteiger partial charge in [0.1, 0.15) is 17.9 Å². The van der Waals surface area contributed by atoms with Gasteiger partial charge in [-0.1, -0.05) is 0 Å². The maximum atomic E-state index is 10.1. The Kier molecular flexibility index (Phi) is 3.66. The summed E-state index contributed by atoms with van der Waals surface area (Å²) in [5, 5.41) is 28.3. The molecule has 0 spiro atoms. The number of aliphatic hydroxyl groups excluding tert-OH is 2. The molecule has 0 unspecified atom stereocenters. The van der Waals surface area contributed by atoms with Crippen LogP contribution in [0.5, 0.6) is 0 Å². The summed E-state index contributed by atoms with van der Waals surface area (Å²) < 4.78 is 7.54. The predicted molar refractivity (Wildman–Crippen MR) is 75.1 cm³/mol. The summed E-state index contributed by atoms with van der Waals surface area (Å²) in [6.07, 6.45) is 2.09. The van der Waals surface area contributed by atoms with Gasteiger partial charge in [0.05, 0.1) is 25.1 Å². The molecule has 1 fully saturated rings. The number of hydrogen-bond acceptors (Lipinski definition) is 8. The molecule has 22 heavy (non-hydrogen) atoms. The number of nitrogens with two attached hydrogens (primary N) is 1. The van der Waals surface area contributed by atoms with Gasteiger partial charge in [0.2, 0.25) is 0 Å². The van der Waals surface area contributed by atoms with Crippen LogP contribution in [0.2, 0.25) is 0 Å². The summed E-state index contributed by atoms with van der Waals surface area (Å²) >= 11 is 0. The molecule has 3 heterocycles. The number of fused-ring (bicyclic) bond motifs is 1. The average Bonchev–Trinajstić information content (AvgIpc) is 3.08. The summed E-state index contributed by atoms with van der Waals surface area (Å²) in [4.78, 5) is 12.3. The van der Waals surface area contributed by atoms with Gasteiger partial charge < -0.3 is 20.7 Å². The highest BCUT2D eigenvalue weighted by Crippen LogP contribution is 2.40. The molecule has 0 aliphatic carbocycles. The number of aliphatic hydroxyl groups is 2. The molecule has 9 nitrogen and oxygen atoms in total. The molecule has 1 saturated heterocycles. The van der Waals surface area contributed by atoms with Crippen LogP contribution in [0.4, 0.5) is 5.82 Å². The lowest BCUT2D eigenvalue weighted by molar-refractivity contribution is -0.118. The van der Waals surface area contributed by atoms with Crippen LogP contribution in [0.1, 0.15) is 19.3 Å². The summed E-state index contributed by atoms with van der Waals surface area (Å²) in [6, 6.07) is 2.07. The van der Waals surface area contributed by atoms with Gasteiger partial charge in [0.15, 0.2) is 17.2 Å². The van der Waals surface area contributed by atoms with E-state index in [1.165, 1.54) is 12.7 Å². The van der Waals surface area contributed by atoms with Gasteiger partial charge in [0, 0.05) is 19.3 Å². The first-order valence-electron chi connectivity index (χ1n) is 6.89. The van der Waals surface area contributed by atoms with Gasteiger partial charge >= 0.3 is 0 Å². The molecule has 1 aliphatic heterocycles. The highest BCUT2D eigenvalue weighted by Gasteiger charge is 2.47. The number of nitrogens with zero attached hydrogens (tertiary/aromatic N) is 5. The fraction of sp³-hybridized carbons (Fsp3) is 0.538. The number of ether oxygens (including phenoxy) is 1. The van der Waals surface area contributed by atoms with Gasteiger partial charge in [-0.3, -0.25) is 4.57 Å². The molecule has 0 bridgehead atoms. The monoisotopic (exact) mass is 304 g/mol. The molecule has 2 aromatic heterocycles. The second-order valence-electron chi connectivity index (χ2n) is 5.26. The van der Waals surface area contributed by atoms with Crippen LogP contribution in [-0.4, -0.2) is 48.5 Å². The average molecular weight is 304 g/mol. The Labute approximate surface area is 126 Å². The zero-order chi connectivity index (χ0) is 15.7. The number of aromatic nitrogens is 4. The number of nitriles is 1. The molecule has 0 amide bonds. The van der Waals surface area contributed by atoms with Crippen molar-refractivity contribution in [2.45, 2.75) is 37.2 Å². The third-order valence-corrected chi connectivity index (χ3v) is 3.94. The Hall–Kier alpha value is -2.28. The van der Waals surface area contributed by atoms with Gasteiger partial charge in [-0.15, -0.1) is 0 Å². The van der Waals surface area contributed by atoms with Crippen molar-refractivity contribution in [3.05, 3.63) is 12.7 Å². The lowest BCUT2D eigenvalue weighted by Gasteiger charge is -2.30. The zero-order valence-electron chi connectivity index (χ0n) is 11.8. The van der Waals surface area contributed by atoms with E-state index in [-0.39, 0.29) is 25.3 Å². The summed E-state index contributed by atoms with van der Waals surface area (Å²) in [6.45, 7) is -0.306. The third-order valence-electron chi connectivity index (χ3n) is 3.94. The SMILES string of the molecule is N#CCC[C@]1(n2cnc3c(N)ncnc32)C[C@H](O)[C@@H](CO)O1. The van der Waals surface area contributed by atoms with E-state index in [0.29, 0.717) is 17.6 Å². The normalized spacial score (nSPS) is 28.0. The Morgan fingerprint density at radius 3 is 3.00 bits per heavy atom. The number of hydrogen-bond donors (Lipinski definition) is 3. The van der Waals surface area contributed by atoms with Crippen LogP contribution in [-0.2, 0) is 10.5 Å². The van der Waals surface area contributed by atoms with E-state index in [4.69, 9.17) is 15.7 Å². The Balaban J connectivity index is 2.10. The third kappa shape index (κ3) is 2.18. The van der Waals surface area contributed by atoms with Crippen LogP contribution in [0, 0.1) is 11.3 Å².